The zero-order chi connectivity index (χ0) is 33.0. The standard InChI is InChI=1S/C45H28N4O/c1-3-14-29(15-4-1)31-18-13-19-32(28-31)44-46-43(30-16-5-2-6-17-30)47-45(48-44)36-26-27-40-41(35-22-9-12-25-39(35)50-40)42(36)49-37-23-10-7-20-33(37)34-21-8-11-24-38(34)49/h1-28H. The van der Waals surface area contributed by atoms with E-state index in [4.69, 9.17) is 19.4 Å². The Morgan fingerprint density at radius 3 is 1.64 bits per heavy atom. The molecule has 5 nitrogen and oxygen atoms in total. The lowest BCUT2D eigenvalue weighted by Gasteiger charge is -2.16. The van der Waals surface area contributed by atoms with Crippen LogP contribution in [0.15, 0.2) is 174 Å². The van der Waals surface area contributed by atoms with Crippen LogP contribution in [0.3, 0.4) is 0 Å². The highest BCUT2D eigenvalue weighted by Crippen LogP contribution is 2.43. The fraction of sp³-hybridized carbons (Fsp3) is 0. The quantitative estimate of drug-likeness (QED) is 0.188. The van der Waals surface area contributed by atoms with Gasteiger partial charge in [-0.1, -0.05) is 133 Å². The molecule has 234 valence electrons. The Hall–Kier alpha value is -6.85. The minimum Gasteiger partial charge on any atom is -0.456 e. The van der Waals surface area contributed by atoms with Gasteiger partial charge in [-0.25, -0.2) is 15.0 Å². The molecule has 0 amide bonds. The van der Waals surface area contributed by atoms with Crippen LogP contribution in [-0.4, -0.2) is 19.5 Å². The predicted molar refractivity (Wildman–Crippen MR) is 203 cm³/mol. The number of nitrogens with zero attached hydrogens (tertiary/aromatic N) is 4. The van der Waals surface area contributed by atoms with Crippen molar-refractivity contribution in [2.24, 2.45) is 0 Å². The molecule has 10 aromatic rings. The van der Waals surface area contributed by atoms with Gasteiger partial charge in [0.25, 0.3) is 0 Å². The van der Waals surface area contributed by atoms with E-state index in [1.807, 2.05) is 54.6 Å². The van der Waals surface area contributed by atoms with E-state index in [1.54, 1.807) is 0 Å². The summed E-state index contributed by atoms with van der Waals surface area (Å²) in [5.74, 6) is 1.81. The maximum absolute atomic E-state index is 6.48. The number of furan rings is 1. The van der Waals surface area contributed by atoms with Crippen LogP contribution in [0.5, 0.6) is 0 Å². The molecule has 0 N–H and O–H groups in total. The van der Waals surface area contributed by atoms with E-state index in [0.717, 1.165) is 66.5 Å². The summed E-state index contributed by atoms with van der Waals surface area (Å²) in [5, 5.41) is 4.41. The van der Waals surface area contributed by atoms with E-state index in [0.29, 0.717) is 17.5 Å². The lowest BCUT2D eigenvalue weighted by atomic mass is 10.0. The monoisotopic (exact) mass is 640 g/mol. The largest absolute Gasteiger partial charge is 0.456 e. The first-order chi connectivity index (χ1) is 24.8. The van der Waals surface area contributed by atoms with Gasteiger partial charge in [0, 0.05) is 32.8 Å². The Labute approximate surface area is 287 Å². The zero-order valence-corrected chi connectivity index (χ0v) is 26.9. The summed E-state index contributed by atoms with van der Waals surface area (Å²) in [4.78, 5) is 15.6. The summed E-state index contributed by atoms with van der Waals surface area (Å²) in [6.45, 7) is 0. The number of aromatic nitrogens is 4. The zero-order valence-electron chi connectivity index (χ0n) is 26.9. The molecule has 0 aliphatic heterocycles. The molecule has 0 aliphatic rings. The van der Waals surface area contributed by atoms with Gasteiger partial charge in [0.05, 0.1) is 22.1 Å². The maximum atomic E-state index is 6.48. The van der Waals surface area contributed by atoms with Crippen molar-refractivity contribution in [1.82, 2.24) is 19.5 Å². The highest BCUT2D eigenvalue weighted by molar-refractivity contribution is 6.16. The van der Waals surface area contributed by atoms with Gasteiger partial charge < -0.3 is 8.98 Å². The lowest BCUT2D eigenvalue weighted by molar-refractivity contribution is 0.669. The highest BCUT2D eigenvalue weighted by atomic mass is 16.3. The van der Waals surface area contributed by atoms with Crippen LogP contribution in [-0.2, 0) is 0 Å². The molecular formula is C45H28N4O. The smallest absolute Gasteiger partial charge is 0.166 e. The normalized spacial score (nSPS) is 11.6. The van der Waals surface area contributed by atoms with E-state index < -0.39 is 0 Å². The molecule has 0 radical (unpaired) electrons. The first-order valence-electron chi connectivity index (χ1n) is 16.7. The molecule has 10 rings (SSSR count). The molecule has 5 heteroatoms. The lowest BCUT2D eigenvalue weighted by Crippen LogP contribution is -2.04. The van der Waals surface area contributed by atoms with Crippen molar-refractivity contribution in [1.29, 1.82) is 0 Å². The molecule has 0 saturated heterocycles. The summed E-state index contributed by atoms with van der Waals surface area (Å²) >= 11 is 0. The fourth-order valence-corrected chi connectivity index (χ4v) is 7.19. The van der Waals surface area contributed by atoms with Gasteiger partial charge in [0.2, 0.25) is 0 Å². The molecular weight excluding hydrogens is 613 g/mol. The molecule has 3 aromatic heterocycles. The van der Waals surface area contributed by atoms with Crippen molar-refractivity contribution < 1.29 is 4.42 Å². The van der Waals surface area contributed by atoms with Gasteiger partial charge in [-0.05, 0) is 47.5 Å². The molecule has 0 saturated carbocycles. The number of hydrogen-bond acceptors (Lipinski definition) is 4. The Kier molecular flexibility index (Phi) is 6.42. The Morgan fingerprint density at radius 2 is 0.920 bits per heavy atom. The first-order valence-corrected chi connectivity index (χ1v) is 16.7. The summed E-state index contributed by atoms with van der Waals surface area (Å²) in [7, 11) is 0. The summed E-state index contributed by atoms with van der Waals surface area (Å²) < 4.78 is 8.83. The molecule has 50 heavy (non-hydrogen) atoms. The first kappa shape index (κ1) is 28.2. The second kappa shape index (κ2) is 11.4. The molecule has 0 spiro atoms. The van der Waals surface area contributed by atoms with E-state index in [9.17, 15) is 0 Å². The van der Waals surface area contributed by atoms with Crippen molar-refractivity contribution in [3.8, 4) is 51.0 Å². The molecule has 0 aliphatic carbocycles. The molecule has 0 atom stereocenters. The Balaban J connectivity index is 1.31. The SMILES string of the molecule is c1ccc(-c2cccc(-c3nc(-c4ccccc4)nc(-c4ccc5oc6ccccc6c5c4-n4c5ccccc5c5ccccc54)n3)c2)cc1. The van der Waals surface area contributed by atoms with Crippen LogP contribution in [0.2, 0.25) is 0 Å². The molecule has 7 aromatic carbocycles. The Morgan fingerprint density at radius 1 is 0.380 bits per heavy atom. The van der Waals surface area contributed by atoms with Crippen LogP contribution in [0.4, 0.5) is 0 Å². The third-order valence-electron chi connectivity index (χ3n) is 9.46. The van der Waals surface area contributed by atoms with Crippen LogP contribution < -0.4 is 0 Å². The molecule has 3 heterocycles. The van der Waals surface area contributed by atoms with Crippen molar-refractivity contribution in [2.45, 2.75) is 0 Å². The fourth-order valence-electron chi connectivity index (χ4n) is 7.19. The summed E-state index contributed by atoms with van der Waals surface area (Å²) in [6.07, 6.45) is 0. The highest BCUT2D eigenvalue weighted by Gasteiger charge is 2.24. The van der Waals surface area contributed by atoms with Gasteiger partial charge in [0.1, 0.15) is 11.2 Å². The third kappa shape index (κ3) is 4.52. The minimum absolute atomic E-state index is 0.586. The topological polar surface area (TPSA) is 56.7 Å². The molecule has 0 bridgehead atoms. The van der Waals surface area contributed by atoms with Gasteiger partial charge in [-0.3, -0.25) is 0 Å². The second-order valence-corrected chi connectivity index (χ2v) is 12.4. The van der Waals surface area contributed by atoms with Gasteiger partial charge >= 0.3 is 0 Å². The van der Waals surface area contributed by atoms with E-state index in [1.165, 1.54) is 10.8 Å². The van der Waals surface area contributed by atoms with Crippen molar-refractivity contribution in [3.05, 3.63) is 170 Å². The number of hydrogen-bond donors (Lipinski definition) is 0. The number of fused-ring (bicyclic) bond motifs is 6. The number of rotatable bonds is 5. The summed E-state index contributed by atoms with van der Waals surface area (Å²) in [6, 6.07) is 58.5. The van der Waals surface area contributed by atoms with Gasteiger partial charge in [-0.2, -0.15) is 0 Å². The summed E-state index contributed by atoms with van der Waals surface area (Å²) in [5.41, 5.74) is 9.77. The van der Waals surface area contributed by atoms with Crippen LogP contribution >= 0.6 is 0 Å². The van der Waals surface area contributed by atoms with Crippen molar-refractivity contribution in [3.63, 3.8) is 0 Å². The number of benzene rings is 7. The van der Waals surface area contributed by atoms with E-state index in [2.05, 4.69) is 120 Å². The average molecular weight is 641 g/mol. The minimum atomic E-state index is 0.586. The van der Waals surface area contributed by atoms with Gasteiger partial charge in [-0.15, -0.1) is 0 Å². The van der Waals surface area contributed by atoms with Gasteiger partial charge in [0.15, 0.2) is 17.5 Å². The molecule has 0 fully saturated rings. The van der Waals surface area contributed by atoms with E-state index >= 15 is 0 Å². The Bertz CT molecular complexity index is 2820. The van der Waals surface area contributed by atoms with E-state index in [-0.39, 0.29) is 0 Å². The van der Waals surface area contributed by atoms with Crippen LogP contribution in [0.25, 0.3) is 94.7 Å². The van der Waals surface area contributed by atoms with Crippen LogP contribution in [0, 0.1) is 0 Å². The van der Waals surface area contributed by atoms with Crippen molar-refractivity contribution in [2.75, 3.05) is 0 Å². The second-order valence-electron chi connectivity index (χ2n) is 12.4. The third-order valence-corrected chi connectivity index (χ3v) is 9.46. The molecule has 0 unspecified atom stereocenters. The number of para-hydroxylation sites is 3. The maximum Gasteiger partial charge on any atom is 0.166 e. The average Bonchev–Trinajstić information content (AvgIpc) is 3.74. The van der Waals surface area contributed by atoms with Crippen molar-refractivity contribution >= 4 is 43.7 Å². The van der Waals surface area contributed by atoms with Crippen LogP contribution in [0.1, 0.15) is 0 Å². The predicted octanol–water partition coefficient (Wildman–Crippen LogP) is 11.5.